The first-order valence-corrected chi connectivity index (χ1v) is 9.77. The first-order chi connectivity index (χ1) is 14.0. The molecule has 0 aliphatic heterocycles. The number of benzene rings is 1. The molecule has 2 rings (SSSR count). The number of imide groups is 1. The molecule has 1 aromatic rings. The van der Waals surface area contributed by atoms with Crippen molar-refractivity contribution in [3.05, 3.63) is 35.4 Å². The summed E-state index contributed by atoms with van der Waals surface area (Å²) in [4.78, 5) is 35.7. The second-order valence-electron chi connectivity index (χ2n) is 6.54. The summed E-state index contributed by atoms with van der Waals surface area (Å²) in [5, 5.41) is 4.78. The van der Waals surface area contributed by atoms with E-state index in [1.54, 1.807) is 6.07 Å². The lowest BCUT2D eigenvalue weighted by atomic mass is 9.97. The van der Waals surface area contributed by atoms with E-state index in [0.29, 0.717) is 24.7 Å². The Morgan fingerprint density at radius 2 is 1.97 bits per heavy atom. The van der Waals surface area contributed by atoms with Crippen LogP contribution in [0.25, 0.3) is 0 Å². The van der Waals surface area contributed by atoms with E-state index in [9.17, 15) is 14.4 Å². The fraction of sp³-hybridized carbons (Fsp3) is 0.476. The van der Waals surface area contributed by atoms with Gasteiger partial charge in [-0.05, 0) is 57.2 Å². The summed E-state index contributed by atoms with van der Waals surface area (Å²) in [6.07, 6.45) is 7.54. The summed E-state index contributed by atoms with van der Waals surface area (Å²) in [6, 6.07) is 3.96. The highest BCUT2D eigenvalue weighted by Crippen LogP contribution is 2.28. The molecular formula is C21H28N2O6. The lowest BCUT2D eigenvalue weighted by Crippen LogP contribution is -2.41. The van der Waals surface area contributed by atoms with Crippen LogP contribution in [0.1, 0.15) is 49.4 Å². The number of carbonyl (C=O) groups is 3. The third-order valence-corrected chi connectivity index (χ3v) is 4.40. The topological polar surface area (TPSA) is 103 Å². The standard InChI is InChI=1S/C21H28N2O6/c1-3-28-18-13-16(9-10-17(18)27-2)20(25)29-14-19(24)23-21(26)22-12-11-15-7-5-4-6-8-15/h7,9-10,13H,3-6,8,11-12,14H2,1-2H3,(H2,22,23,24,26). The molecule has 0 heterocycles. The Bertz CT molecular complexity index is 760. The zero-order valence-electron chi connectivity index (χ0n) is 16.9. The number of hydrogen-bond donors (Lipinski definition) is 2. The molecule has 0 saturated carbocycles. The third-order valence-electron chi connectivity index (χ3n) is 4.40. The van der Waals surface area contributed by atoms with E-state index < -0.39 is 24.5 Å². The maximum absolute atomic E-state index is 12.1. The Morgan fingerprint density at radius 3 is 2.66 bits per heavy atom. The van der Waals surface area contributed by atoms with Gasteiger partial charge in [-0.2, -0.15) is 0 Å². The van der Waals surface area contributed by atoms with Crippen molar-refractivity contribution in [3.8, 4) is 11.5 Å². The van der Waals surface area contributed by atoms with Crippen LogP contribution in [-0.2, 0) is 9.53 Å². The van der Waals surface area contributed by atoms with Crippen LogP contribution in [0.4, 0.5) is 4.79 Å². The lowest BCUT2D eigenvalue weighted by molar-refractivity contribution is -0.123. The van der Waals surface area contributed by atoms with E-state index in [2.05, 4.69) is 16.7 Å². The second kappa shape index (κ2) is 11.7. The van der Waals surface area contributed by atoms with E-state index in [4.69, 9.17) is 14.2 Å². The van der Waals surface area contributed by atoms with Crippen molar-refractivity contribution in [3.63, 3.8) is 0 Å². The number of carbonyl (C=O) groups excluding carboxylic acids is 3. The molecule has 8 nitrogen and oxygen atoms in total. The summed E-state index contributed by atoms with van der Waals surface area (Å²) >= 11 is 0. The molecule has 8 heteroatoms. The number of esters is 1. The predicted molar refractivity (Wildman–Crippen MR) is 107 cm³/mol. The molecule has 0 saturated heterocycles. The van der Waals surface area contributed by atoms with Crippen LogP contribution in [0.5, 0.6) is 11.5 Å². The number of ether oxygens (including phenoxy) is 3. The maximum atomic E-state index is 12.1. The van der Waals surface area contributed by atoms with Crippen LogP contribution >= 0.6 is 0 Å². The summed E-state index contributed by atoms with van der Waals surface area (Å²) in [5.41, 5.74) is 1.55. The zero-order chi connectivity index (χ0) is 21.1. The minimum atomic E-state index is -0.703. The minimum Gasteiger partial charge on any atom is -0.493 e. The average Bonchev–Trinajstić information content (AvgIpc) is 2.73. The Labute approximate surface area is 170 Å². The molecule has 0 radical (unpaired) electrons. The van der Waals surface area contributed by atoms with Gasteiger partial charge in [0.05, 0.1) is 19.3 Å². The van der Waals surface area contributed by atoms with Crippen LogP contribution < -0.4 is 20.1 Å². The number of rotatable bonds is 9. The second-order valence-corrected chi connectivity index (χ2v) is 6.54. The highest BCUT2D eigenvalue weighted by Gasteiger charge is 2.15. The van der Waals surface area contributed by atoms with Crippen molar-refractivity contribution in [1.82, 2.24) is 10.6 Å². The molecule has 1 aromatic carbocycles. The van der Waals surface area contributed by atoms with Gasteiger partial charge in [0.2, 0.25) is 0 Å². The lowest BCUT2D eigenvalue weighted by Gasteiger charge is -2.13. The Hall–Kier alpha value is -3.03. The monoisotopic (exact) mass is 404 g/mol. The van der Waals surface area contributed by atoms with E-state index in [-0.39, 0.29) is 5.56 Å². The fourth-order valence-corrected chi connectivity index (χ4v) is 2.96. The van der Waals surface area contributed by atoms with Gasteiger partial charge >= 0.3 is 12.0 Å². The van der Waals surface area contributed by atoms with E-state index in [0.717, 1.165) is 19.3 Å². The maximum Gasteiger partial charge on any atom is 0.338 e. The Morgan fingerprint density at radius 1 is 1.14 bits per heavy atom. The van der Waals surface area contributed by atoms with Crippen LogP contribution in [0.15, 0.2) is 29.8 Å². The SMILES string of the molecule is CCOc1cc(C(=O)OCC(=O)NC(=O)NCCC2=CCCCC2)ccc1OC. The summed E-state index contributed by atoms with van der Waals surface area (Å²) < 4.78 is 15.5. The van der Waals surface area contributed by atoms with Crippen molar-refractivity contribution in [2.75, 3.05) is 26.9 Å². The van der Waals surface area contributed by atoms with Gasteiger partial charge in [0.15, 0.2) is 18.1 Å². The molecule has 29 heavy (non-hydrogen) atoms. The number of amides is 3. The van der Waals surface area contributed by atoms with Crippen LogP contribution in [-0.4, -0.2) is 44.8 Å². The van der Waals surface area contributed by atoms with E-state index in [1.807, 2.05) is 6.92 Å². The van der Waals surface area contributed by atoms with Crippen LogP contribution in [0.2, 0.25) is 0 Å². The van der Waals surface area contributed by atoms with Crippen molar-refractivity contribution in [2.45, 2.75) is 39.0 Å². The van der Waals surface area contributed by atoms with Gasteiger partial charge in [-0.1, -0.05) is 11.6 Å². The van der Waals surface area contributed by atoms with Gasteiger partial charge in [-0.25, -0.2) is 9.59 Å². The van der Waals surface area contributed by atoms with Gasteiger partial charge in [0.25, 0.3) is 5.91 Å². The fourth-order valence-electron chi connectivity index (χ4n) is 2.96. The molecule has 1 aliphatic rings. The van der Waals surface area contributed by atoms with Crippen molar-refractivity contribution in [1.29, 1.82) is 0 Å². The van der Waals surface area contributed by atoms with Crippen molar-refractivity contribution >= 4 is 17.9 Å². The molecule has 0 aromatic heterocycles. The largest absolute Gasteiger partial charge is 0.493 e. The smallest absolute Gasteiger partial charge is 0.338 e. The van der Waals surface area contributed by atoms with Crippen LogP contribution in [0.3, 0.4) is 0 Å². The van der Waals surface area contributed by atoms with Gasteiger partial charge in [-0.15, -0.1) is 0 Å². The first-order valence-electron chi connectivity index (χ1n) is 9.77. The molecule has 2 N–H and O–H groups in total. The van der Waals surface area contributed by atoms with E-state index >= 15 is 0 Å². The van der Waals surface area contributed by atoms with E-state index in [1.165, 1.54) is 37.7 Å². The molecule has 0 atom stereocenters. The zero-order valence-corrected chi connectivity index (χ0v) is 16.9. The minimum absolute atomic E-state index is 0.215. The quantitative estimate of drug-likeness (QED) is 0.485. The van der Waals surface area contributed by atoms with Gasteiger partial charge < -0.3 is 19.5 Å². The molecule has 3 amide bonds. The predicted octanol–water partition coefficient (Wildman–Crippen LogP) is 2.97. The number of allylic oxidation sites excluding steroid dienone is 1. The number of hydrogen-bond acceptors (Lipinski definition) is 6. The Kier molecular flexibility index (Phi) is 9.01. The summed E-state index contributed by atoms with van der Waals surface area (Å²) in [7, 11) is 1.50. The van der Waals surface area contributed by atoms with Gasteiger partial charge in [0, 0.05) is 6.54 Å². The molecule has 0 bridgehead atoms. The highest BCUT2D eigenvalue weighted by atomic mass is 16.5. The molecular weight excluding hydrogens is 376 g/mol. The van der Waals surface area contributed by atoms with Gasteiger partial charge in [-0.3, -0.25) is 10.1 Å². The average molecular weight is 404 g/mol. The molecule has 1 aliphatic carbocycles. The molecule has 158 valence electrons. The summed E-state index contributed by atoms with van der Waals surface area (Å²) in [5.74, 6) is -0.511. The van der Waals surface area contributed by atoms with Gasteiger partial charge in [0.1, 0.15) is 0 Å². The number of urea groups is 1. The Balaban J connectivity index is 1.73. The molecule has 0 unspecified atom stereocenters. The number of nitrogens with one attached hydrogen (secondary N) is 2. The van der Waals surface area contributed by atoms with Crippen molar-refractivity contribution < 1.29 is 28.6 Å². The normalized spacial score (nSPS) is 13.1. The van der Waals surface area contributed by atoms with Crippen molar-refractivity contribution in [2.24, 2.45) is 0 Å². The van der Waals surface area contributed by atoms with Crippen LogP contribution in [0, 0.1) is 0 Å². The highest BCUT2D eigenvalue weighted by molar-refractivity contribution is 5.97. The molecule has 0 spiro atoms. The number of methoxy groups -OCH3 is 1. The molecule has 0 fully saturated rings. The first kappa shape index (κ1) is 22.3. The summed E-state index contributed by atoms with van der Waals surface area (Å²) in [6.45, 7) is 2.11. The third kappa shape index (κ3) is 7.48.